The molecule has 1 aromatic carbocycles. The van der Waals surface area contributed by atoms with Crippen LogP contribution in [-0.2, 0) is 13.0 Å². The monoisotopic (exact) mass is 283 g/mol. The Balaban J connectivity index is 1.54. The minimum atomic E-state index is -0.0492. The normalized spacial score (nSPS) is 16.1. The van der Waals surface area contributed by atoms with Crippen molar-refractivity contribution in [3.8, 4) is 0 Å². The third-order valence-corrected chi connectivity index (χ3v) is 4.16. The van der Waals surface area contributed by atoms with Gasteiger partial charge in [-0.15, -0.1) is 0 Å². The van der Waals surface area contributed by atoms with Gasteiger partial charge in [0.25, 0.3) is 0 Å². The highest BCUT2D eigenvalue weighted by Gasteiger charge is 2.20. The summed E-state index contributed by atoms with van der Waals surface area (Å²) in [6.07, 6.45) is 6.98. The van der Waals surface area contributed by atoms with Crippen LogP contribution in [0.1, 0.15) is 24.1 Å². The zero-order chi connectivity index (χ0) is 14.5. The molecule has 0 saturated carbocycles. The molecule has 110 valence electrons. The molecule has 1 saturated heterocycles. The molecule has 2 heterocycles. The summed E-state index contributed by atoms with van der Waals surface area (Å²) >= 11 is 0. The maximum absolute atomic E-state index is 9.00. The largest absolute Gasteiger partial charge is 0.390 e. The summed E-state index contributed by atoms with van der Waals surface area (Å²) in [5.74, 6) is 1.68. The van der Waals surface area contributed by atoms with Gasteiger partial charge in [0.05, 0.1) is 24.7 Å². The van der Waals surface area contributed by atoms with Gasteiger partial charge in [0.2, 0.25) is 0 Å². The molecule has 4 heteroatoms. The molecule has 0 unspecified atom stereocenters. The van der Waals surface area contributed by atoms with Crippen LogP contribution >= 0.6 is 0 Å². The van der Waals surface area contributed by atoms with Gasteiger partial charge in [-0.3, -0.25) is 4.98 Å². The molecule has 1 aliphatic rings. The number of aliphatic hydroxyl groups is 1. The Hall–Kier alpha value is -1.94. The first-order chi connectivity index (χ1) is 10.3. The number of benzene rings is 1. The second kappa shape index (κ2) is 6.68. The van der Waals surface area contributed by atoms with Gasteiger partial charge >= 0.3 is 0 Å². The Kier molecular flexibility index (Phi) is 4.46. The molecule has 2 aromatic rings. The van der Waals surface area contributed by atoms with E-state index in [1.54, 1.807) is 12.4 Å². The number of rotatable bonds is 4. The fourth-order valence-electron chi connectivity index (χ4n) is 2.91. The molecule has 0 bridgehead atoms. The Morgan fingerprint density at radius 3 is 2.43 bits per heavy atom. The molecular formula is C17H21N3O. The van der Waals surface area contributed by atoms with E-state index < -0.39 is 0 Å². The second-order valence-corrected chi connectivity index (χ2v) is 5.64. The predicted octanol–water partition coefficient (Wildman–Crippen LogP) is 2.43. The molecule has 4 nitrogen and oxygen atoms in total. The molecule has 1 fully saturated rings. The third-order valence-electron chi connectivity index (χ3n) is 4.16. The summed E-state index contributed by atoms with van der Waals surface area (Å²) in [5.41, 5.74) is 2.06. The summed E-state index contributed by atoms with van der Waals surface area (Å²) < 4.78 is 0. The molecule has 1 aliphatic heterocycles. The van der Waals surface area contributed by atoms with Crippen LogP contribution in [0.15, 0.2) is 42.7 Å². The van der Waals surface area contributed by atoms with Crippen molar-refractivity contribution < 1.29 is 5.11 Å². The molecule has 1 N–H and O–H groups in total. The second-order valence-electron chi connectivity index (χ2n) is 5.64. The van der Waals surface area contributed by atoms with Crippen LogP contribution in [0.5, 0.6) is 0 Å². The number of hydrogen-bond acceptors (Lipinski definition) is 4. The van der Waals surface area contributed by atoms with Crippen molar-refractivity contribution in [1.82, 2.24) is 9.97 Å². The highest BCUT2D eigenvalue weighted by molar-refractivity contribution is 5.36. The van der Waals surface area contributed by atoms with Crippen molar-refractivity contribution in [3.05, 3.63) is 54.0 Å². The maximum Gasteiger partial charge on any atom is 0.147 e. The first-order valence-electron chi connectivity index (χ1n) is 7.56. The fourth-order valence-corrected chi connectivity index (χ4v) is 2.91. The Labute approximate surface area is 125 Å². The number of hydrogen-bond donors (Lipinski definition) is 1. The Morgan fingerprint density at radius 2 is 1.81 bits per heavy atom. The lowest BCUT2D eigenvalue weighted by atomic mass is 9.90. The van der Waals surface area contributed by atoms with Crippen molar-refractivity contribution >= 4 is 5.82 Å². The van der Waals surface area contributed by atoms with Crippen LogP contribution in [0.3, 0.4) is 0 Å². The number of piperidine rings is 1. The third kappa shape index (κ3) is 3.58. The molecule has 0 radical (unpaired) electrons. The van der Waals surface area contributed by atoms with Crippen LogP contribution in [0.2, 0.25) is 0 Å². The van der Waals surface area contributed by atoms with Gasteiger partial charge in [0, 0.05) is 13.1 Å². The van der Waals surface area contributed by atoms with E-state index in [0.29, 0.717) is 5.69 Å². The van der Waals surface area contributed by atoms with Crippen LogP contribution in [0, 0.1) is 5.92 Å². The van der Waals surface area contributed by atoms with Gasteiger partial charge in [-0.1, -0.05) is 30.3 Å². The lowest BCUT2D eigenvalue weighted by Gasteiger charge is -2.32. The summed E-state index contributed by atoms with van der Waals surface area (Å²) in [6, 6.07) is 10.7. The van der Waals surface area contributed by atoms with Gasteiger partial charge in [-0.05, 0) is 30.7 Å². The van der Waals surface area contributed by atoms with Crippen LogP contribution < -0.4 is 4.90 Å². The van der Waals surface area contributed by atoms with Crippen molar-refractivity contribution in [2.24, 2.45) is 5.92 Å². The van der Waals surface area contributed by atoms with Crippen LogP contribution in [0.4, 0.5) is 5.82 Å². The van der Waals surface area contributed by atoms with Crippen LogP contribution in [0.25, 0.3) is 0 Å². The lowest BCUT2D eigenvalue weighted by Crippen LogP contribution is -2.35. The highest BCUT2D eigenvalue weighted by atomic mass is 16.3. The van der Waals surface area contributed by atoms with E-state index in [0.717, 1.165) is 24.8 Å². The van der Waals surface area contributed by atoms with Crippen LogP contribution in [-0.4, -0.2) is 28.2 Å². The van der Waals surface area contributed by atoms with E-state index in [-0.39, 0.29) is 6.61 Å². The van der Waals surface area contributed by atoms with Crippen molar-refractivity contribution in [3.63, 3.8) is 0 Å². The van der Waals surface area contributed by atoms with E-state index in [1.807, 2.05) is 0 Å². The first kappa shape index (κ1) is 14.0. The zero-order valence-electron chi connectivity index (χ0n) is 12.2. The van der Waals surface area contributed by atoms with E-state index >= 15 is 0 Å². The number of nitrogens with zero attached hydrogens (tertiary/aromatic N) is 3. The summed E-state index contributed by atoms with van der Waals surface area (Å²) in [5, 5.41) is 9.00. The topological polar surface area (TPSA) is 49.3 Å². The summed E-state index contributed by atoms with van der Waals surface area (Å²) in [4.78, 5) is 10.9. The molecule has 1 aromatic heterocycles. The standard InChI is InChI=1S/C17H21N3O/c21-13-16-11-19-17(12-18-16)20-8-6-15(7-9-20)10-14-4-2-1-3-5-14/h1-5,11-12,15,21H,6-10,13H2. The van der Waals surface area contributed by atoms with E-state index in [2.05, 4.69) is 45.2 Å². The zero-order valence-corrected chi connectivity index (χ0v) is 12.2. The molecule has 0 aliphatic carbocycles. The van der Waals surface area contributed by atoms with Gasteiger partial charge in [0.15, 0.2) is 0 Å². The number of aromatic nitrogens is 2. The first-order valence-corrected chi connectivity index (χ1v) is 7.56. The average molecular weight is 283 g/mol. The molecule has 0 amide bonds. The SMILES string of the molecule is OCc1cnc(N2CCC(Cc3ccccc3)CC2)cn1. The van der Waals surface area contributed by atoms with Crippen molar-refractivity contribution in [2.45, 2.75) is 25.9 Å². The quantitative estimate of drug-likeness (QED) is 0.936. The average Bonchev–Trinajstić information content (AvgIpc) is 2.57. The smallest absolute Gasteiger partial charge is 0.147 e. The molecule has 0 atom stereocenters. The fraction of sp³-hybridized carbons (Fsp3) is 0.412. The van der Waals surface area contributed by atoms with E-state index in [4.69, 9.17) is 5.11 Å². The number of anilines is 1. The molecule has 3 rings (SSSR count). The maximum atomic E-state index is 9.00. The lowest BCUT2D eigenvalue weighted by molar-refractivity contribution is 0.276. The minimum absolute atomic E-state index is 0.0492. The summed E-state index contributed by atoms with van der Waals surface area (Å²) in [7, 11) is 0. The Morgan fingerprint density at radius 1 is 1.05 bits per heavy atom. The minimum Gasteiger partial charge on any atom is -0.390 e. The number of aliphatic hydroxyl groups excluding tert-OH is 1. The Bertz CT molecular complexity index is 548. The van der Waals surface area contributed by atoms with Gasteiger partial charge in [-0.25, -0.2) is 4.98 Å². The van der Waals surface area contributed by atoms with Crippen molar-refractivity contribution in [1.29, 1.82) is 0 Å². The van der Waals surface area contributed by atoms with Gasteiger partial charge < -0.3 is 10.0 Å². The molecule has 21 heavy (non-hydrogen) atoms. The van der Waals surface area contributed by atoms with Gasteiger partial charge in [0.1, 0.15) is 5.82 Å². The van der Waals surface area contributed by atoms with E-state index in [1.165, 1.54) is 24.8 Å². The predicted molar refractivity (Wildman–Crippen MR) is 83.0 cm³/mol. The highest BCUT2D eigenvalue weighted by Crippen LogP contribution is 2.24. The molecule has 0 spiro atoms. The van der Waals surface area contributed by atoms with Gasteiger partial charge in [-0.2, -0.15) is 0 Å². The van der Waals surface area contributed by atoms with E-state index in [9.17, 15) is 0 Å². The van der Waals surface area contributed by atoms with Crippen molar-refractivity contribution in [2.75, 3.05) is 18.0 Å². The summed E-state index contributed by atoms with van der Waals surface area (Å²) in [6.45, 7) is 2.02. The molecular weight excluding hydrogens is 262 g/mol.